The maximum absolute atomic E-state index is 12.2. The molecule has 0 radical (unpaired) electrons. The first kappa shape index (κ1) is 13.8. The summed E-state index contributed by atoms with van der Waals surface area (Å²) in [5, 5.41) is 18.3. The standard InChI is InChI=1S/C13H16N2O3/c1-9(2)15(7-6-14)13(17)10-4-5-12(18-3)11(16)8-10/h4-5,8-9,16H,7H2,1-3H3. The number of carbonyl (C=O) groups is 1. The highest BCUT2D eigenvalue weighted by Crippen LogP contribution is 2.26. The number of hydrogen-bond donors (Lipinski definition) is 1. The summed E-state index contributed by atoms with van der Waals surface area (Å²) >= 11 is 0. The van der Waals surface area contributed by atoms with Crippen molar-refractivity contribution < 1.29 is 14.6 Å². The van der Waals surface area contributed by atoms with E-state index < -0.39 is 0 Å². The molecule has 0 bridgehead atoms. The molecule has 0 aliphatic heterocycles. The highest BCUT2D eigenvalue weighted by molar-refractivity contribution is 5.95. The molecule has 1 amide bonds. The number of carbonyl (C=O) groups excluding carboxylic acids is 1. The lowest BCUT2D eigenvalue weighted by atomic mass is 10.1. The molecule has 5 heteroatoms. The van der Waals surface area contributed by atoms with Crippen LogP contribution in [-0.2, 0) is 0 Å². The monoisotopic (exact) mass is 248 g/mol. The van der Waals surface area contributed by atoms with Crippen molar-refractivity contribution in [2.75, 3.05) is 13.7 Å². The number of ether oxygens (including phenoxy) is 1. The van der Waals surface area contributed by atoms with Gasteiger partial charge in [0.05, 0.1) is 13.2 Å². The Morgan fingerprint density at radius 3 is 2.67 bits per heavy atom. The fourth-order valence-corrected chi connectivity index (χ4v) is 1.55. The summed E-state index contributed by atoms with van der Waals surface area (Å²) in [7, 11) is 1.44. The number of nitriles is 1. The van der Waals surface area contributed by atoms with Gasteiger partial charge in [0.25, 0.3) is 5.91 Å². The van der Waals surface area contributed by atoms with Crippen LogP contribution in [-0.4, -0.2) is 35.6 Å². The van der Waals surface area contributed by atoms with Crippen LogP contribution in [0.2, 0.25) is 0 Å². The van der Waals surface area contributed by atoms with Gasteiger partial charge in [-0.2, -0.15) is 5.26 Å². The van der Waals surface area contributed by atoms with Gasteiger partial charge in [0.1, 0.15) is 6.54 Å². The molecule has 0 aliphatic carbocycles. The average Bonchev–Trinajstić information content (AvgIpc) is 2.34. The van der Waals surface area contributed by atoms with Crippen molar-refractivity contribution in [2.45, 2.75) is 19.9 Å². The first-order valence-corrected chi connectivity index (χ1v) is 5.56. The summed E-state index contributed by atoms with van der Waals surface area (Å²) in [5.74, 6) is -0.0727. The molecule has 0 saturated heterocycles. The summed E-state index contributed by atoms with van der Waals surface area (Å²) in [6.45, 7) is 3.68. The summed E-state index contributed by atoms with van der Waals surface area (Å²) in [6.07, 6.45) is 0. The number of methoxy groups -OCH3 is 1. The maximum atomic E-state index is 12.2. The van der Waals surface area contributed by atoms with E-state index in [1.165, 1.54) is 24.1 Å². The molecule has 0 aromatic heterocycles. The number of benzene rings is 1. The van der Waals surface area contributed by atoms with Gasteiger partial charge in [0.2, 0.25) is 0 Å². The van der Waals surface area contributed by atoms with Gasteiger partial charge in [-0.05, 0) is 32.0 Å². The predicted octanol–water partition coefficient (Wildman–Crippen LogP) is 1.77. The first-order valence-electron chi connectivity index (χ1n) is 5.56. The molecule has 1 aromatic carbocycles. The Hall–Kier alpha value is -2.22. The number of rotatable bonds is 4. The van der Waals surface area contributed by atoms with Crippen LogP contribution in [0.1, 0.15) is 24.2 Å². The van der Waals surface area contributed by atoms with Gasteiger partial charge in [0.15, 0.2) is 11.5 Å². The van der Waals surface area contributed by atoms with E-state index in [1.54, 1.807) is 6.07 Å². The first-order chi connectivity index (χ1) is 8.51. The number of phenols is 1. The van der Waals surface area contributed by atoms with Crippen molar-refractivity contribution in [2.24, 2.45) is 0 Å². The van der Waals surface area contributed by atoms with Gasteiger partial charge in [-0.25, -0.2) is 0 Å². The smallest absolute Gasteiger partial charge is 0.255 e. The van der Waals surface area contributed by atoms with Gasteiger partial charge in [-0.3, -0.25) is 4.79 Å². The molecule has 0 atom stereocenters. The van der Waals surface area contributed by atoms with E-state index in [-0.39, 0.29) is 24.2 Å². The van der Waals surface area contributed by atoms with E-state index in [1.807, 2.05) is 19.9 Å². The molecule has 0 fully saturated rings. The zero-order valence-corrected chi connectivity index (χ0v) is 10.7. The lowest BCUT2D eigenvalue weighted by molar-refractivity contribution is 0.0731. The van der Waals surface area contributed by atoms with Crippen LogP contribution >= 0.6 is 0 Å². The van der Waals surface area contributed by atoms with Gasteiger partial charge >= 0.3 is 0 Å². The molecule has 0 heterocycles. The van der Waals surface area contributed by atoms with E-state index in [9.17, 15) is 9.90 Å². The van der Waals surface area contributed by atoms with Crippen LogP contribution in [0.4, 0.5) is 0 Å². The fraction of sp³-hybridized carbons (Fsp3) is 0.385. The minimum absolute atomic E-state index is 0.0172. The van der Waals surface area contributed by atoms with E-state index in [2.05, 4.69) is 0 Å². The summed E-state index contributed by atoms with van der Waals surface area (Å²) in [6, 6.07) is 6.30. The van der Waals surface area contributed by atoms with Gasteiger partial charge in [-0.15, -0.1) is 0 Å². The predicted molar refractivity (Wildman–Crippen MR) is 66.4 cm³/mol. The number of nitrogens with zero attached hydrogens (tertiary/aromatic N) is 2. The Kier molecular flexibility index (Phi) is 4.55. The van der Waals surface area contributed by atoms with E-state index in [4.69, 9.17) is 10.00 Å². The maximum Gasteiger partial charge on any atom is 0.255 e. The normalized spacial score (nSPS) is 9.94. The molecular formula is C13H16N2O3. The molecule has 1 aromatic rings. The number of phenolic OH excluding ortho intramolecular Hbond substituents is 1. The van der Waals surface area contributed by atoms with Crippen LogP contribution in [0.15, 0.2) is 18.2 Å². The van der Waals surface area contributed by atoms with Gasteiger partial charge in [0, 0.05) is 11.6 Å². The molecule has 18 heavy (non-hydrogen) atoms. The minimum atomic E-state index is -0.287. The van der Waals surface area contributed by atoms with Crippen molar-refractivity contribution in [1.82, 2.24) is 4.90 Å². The number of aromatic hydroxyl groups is 1. The molecule has 0 unspecified atom stereocenters. The van der Waals surface area contributed by atoms with Crippen molar-refractivity contribution in [3.8, 4) is 17.6 Å². The van der Waals surface area contributed by atoms with Crippen molar-refractivity contribution in [1.29, 1.82) is 5.26 Å². The third-order valence-electron chi connectivity index (χ3n) is 2.55. The Morgan fingerprint density at radius 2 is 2.22 bits per heavy atom. The molecule has 1 N–H and O–H groups in total. The Balaban J connectivity index is 3.02. The topological polar surface area (TPSA) is 73.6 Å². The molecule has 0 saturated carbocycles. The van der Waals surface area contributed by atoms with E-state index >= 15 is 0 Å². The SMILES string of the molecule is COc1ccc(C(=O)N(CC#N)C(C)C)cc1O. The molecule has 0 aliphatic rings. The van der Waals surface area contributed by atoms with E-state index in [0.717, 1.165) is 0 Å². The number of amides is 1. The molecule has 0 spiro atoms. The lowest BCUT2D eigenvalue weighted by Crippen LogP contribution is -2.37. The molecule has 1 rings (SSSR count). The van der Waals surface area contributed by atoms with Crippen LogP contribution in [0.5, 0.6) is 11.5 Å². The Bertz CT molecular complexity index is 478. The zero-order chi connectivity index (χ0) is 13.7. The second-order valence-electron chi connectivity index (χ2n) is 4.07. The fourth-order valence-electron chi connectivity index (χ4n) is 1.55. The summed E-state index contributed by atoms with van der Waals surface area (Å²) in [5.41, 5.74) is 0.331. The number of hydrogen-bond acceptors (Lipinski definition) is 4. The minimum Gasteiger partial charge on any atom is -0.504 e. The third kappa shape index (κ3) is 2.92. The van der Waals surface area contributed by atoms with Crippen LogP contribution in [0.25, 0.3) is 0 Å². The average molecular weight is 248 g/mol. The molecular weight excluding hydrogens is 232 g/mol. The Labute approximate surface area is 106 Å². The summed E-state index contributed by atoms with van der Waals surface area (Å²) < 4.78 is 4.91. The third-order valence-corrected chi connectivity index (χ3v) is 2.55. The van der Waals surface area contributed by atoms with Crippen LogP contribution < -0.4 is 4.74 Å². The zero-order valence-electron chi connectivity index (χ0n) is 10.7. The Morgan fingerprint density at radius 1 is 1.56 bits per heavy atom. The summed E-state index contributed by atoms with van der Waals surface area (Å²) in [4.78, 5) is 13.6. The molecule has 96 valence electrons. The highest BCUT2D eigenvalue weighted by Gasteiger charge is 2.19. The quantitative estimate of drug-likeness (QED) is 0.824. The highest BCUT2D eigenvalue weighted by atomic mass is 16.5. The molecule has 5 nitrogen and oxygen atoms in total. The van der Waals surface area contributed by atoms with Crippen molar-refractivity contribution in [3.63, 3.8) is 0 Å². The lowest BCUT2D eigenvalue weighted by Gasteiger charge is -2.24. The van der Waals surface area contributed by atoms with Crippen LogP contribution in [0.3, 0.4) is 0 Å². The van der Waals surface area contributed by atoms with E-state index in [0.29, 0.717) is 11.3 Å². The largest absolute Gasteiger partial charge is 0.504 e. The van der Waals surface area contributed by atoms with Crippen LogP contribution in [0, 0.1) is 11.3 Å². The van der Waals surface area contributed by atoms with Crippen molar-refractivity contribution in [3.05, 3.63) is 23.8 Å². The van der Waals surface area contributed by atoms with Gasteiger partial charge in [-0.1, -0.05) is 0 Å². The van der Waals surface area contributed by atoms with Crippen molar-refractivity contribution >= 4 is 5.91 Å². The second kappa shape index (κ2) is 5.92. The second-order valence-corrected chi connectivity index (χ2v) is 4.07. The van der Waals surface area contributed by atoms with Gasteiger partial charge < -0.3 is 14.7 Å².